The summed E-state index contributed by atoms with van der Waals surface area (Å²) in [4.78, 5) is 15.8. The highest BCUT2D eigenvalue weighted by atomic mass is 32.2. The molecule has 0 fully saturated rings. The van der Waals surface area contributed by atoms with Gasteiger partial charge in [0, 0.05) is 42.8 Å². The number of carbonyl (C=O) groups is 1. The molecule has 2 N–H and O–H groups in total. The van der Waals surface area contributed by atoms with Crippen molar-refractivity contribution in [1.82, 2.24) is 10.0 Å². The number of hydrogen-bond donors (Lipinski definition) is 2. The van der Waals surface area contributed by atoms with Crippen LogP contribution in [-0.2, 0) is 16.4 Å². The van der Waals surface area contributed by atoms with Crippen molar-refractivity contribution in [2.75, 3.05) is 31.6 Å². The zero-order chi connectivity index (χ0) is 22.1. The molecule has 0 saturated heterocycles. The number of para-hydroxylation sites is 1. The van der Waals surface area contributed by atoms with Gasteiger partial charge < -0.3 is 10.2 Å². The van der Waals surface area contributed by atoms with Crippen LogP contribution < -0.4 is 14.9 Å². The number of nitrogens with one attached hydrogen (secondary N) is 2. The van der Waals surface area contributed by atoms with Gasteiger partial charge in [0.25, 0.3) is 5.91 Å². The van der Waals surface area contributed by atoms with Crippen LogP contribution in [-0.4, -0.2) is 41.0 Å². The smallest absolute Gasteiger partial charge is 0.251 e. The molecule has 0 saturated carbocycles. The summed E-state index contributed by atoms with van der Waals surface area (Å²) in [6.07, 6.45) is 1.45. The van der Waals surface area contributed by atoms with Gasteiger partial charge in [0.05, 0.1) is 4.90 Å². The van der Waals surface area contributed by atoms with Crippen molar-refractivity contribution in [1.29, 1.82) is 0 Å². The monoisotopic (exact) mass is 457 g/mol. The van der Waals surface area contributed by atoms with Crippen molar-refractivity contribution in [3.63, 3.8) is 0 Å². The Morgan fingerprint density at radius 3 is 2.39 bits per heavy atom. The van der Waals surface area contributed by atoms with Crippen molar-refractivity contribution in [3.05, 3.63) is 82.6 Å². The molecule has 3 aromatic rings. The molecule has 0 radical (unpaired) electrons. The fraction of sp³-hybridized carbons (Fsp3) is 0.261. The first kappa shape index (κ1) is 23.0. The number of benzene rings is 2. The second kappa shape index (κ2) is 11.1. The van der Waals surface area contributed by atoms with Gasteiger partial charge in [-0.3, -0.25) is 4.79 Å². The minimum absolute atomic E-state index is 0.153. The van der Waals surface area contributed by atoms with E-state index in [4.69, 9.17) is 0 Å². The van der Waals surface area contributed by atoms with Crippen molar-refractivity contribution in [3.8, 4) is 0 Å². The molecule has 8 heteroatoms. The molecule has 0 atom stereocenters. The summed E-state index contributed by atoms with van der Waals surface area (Å²) in [5, 5.41) is 4.85. The molecule has 1 aromatic heterocycles. The summed E-state index contributed by atoms with van der Waals surface area (Å²) in [6, 6.07) is 20.0. The highest BCUT2D eigenvalue weighted by Gasteiger charge is 2.14. The van der Waals surface area contributed by atoms with Gasteiger partial charge in [-0.05, 0) is 60.7 Å². The molecule has 2 aromatic carbocycles. The number of nitrogens with zero attached hydrogens (tertiary/aromatic N) is 1. The second-order valence-electron chi connectivity index (χ2n) is 7.12. The third-order valence-electron chi connectivity index (χ3n) is 4.82. The van der Waals surface area contributed by atoms with Crippen LogP contribution in [0.1, 0.15) is 21.7 Å². The maximum absolute atomic E-state index is 12.4. The van der Waals surface area contributed by atoms with Crippen LogP contribution in [0.2, 0.25) is 0 Å². The number of carbonyl (C=O) groups excluding carboxylic acids is 1. The van der Waals surface area contributed by atoms with E-state index in [0.29, 0.717) is 25.1 Å². The Labute approximate surface area is 188 Å². The minimum atomic E-state index is -3.60. The number of rotatable bonds is 11. The van der Waals surface area contributed by atoms with Crippen LogP contribution in [0.4, 0.5) is 5.69 Å². The van der Waals surface area contributed by atoms with E-state index in [0.717, 1.165) is 23.5 Å². The zero-order valence-corrected chi connectivity index (χ0v) is 19.1. The van der Waals surface area contributed by atoms with Gasteiger partial charge >= 0.3 is 0 Å². The molecule has 0 unspecified atom stereocenters. The molecule has 31 heavy (non-hydrogen) atoms. The molecule has 0 spiro atoms. The molecule has 0 aliphatic heterocycles. The average Bonchev–Trinajstić information content (AvgIpc) is 3.30. The SMILES string of the molecule is CN(CCCNC(=O)c1ccc(S(=O)(=O)NCCc2cccs2)cc1)c1ccccc1. The third-order valence-corrected chi connectivity index (χ3v) is 7.24. The molecule has 164 valence electrons. The second-order valence-corrected chi connectivity index (χ2v) is 9.92. The van der Waals surface area contributed by atoms with Crippen LogP contribution in [0.5, 0.6) is 0 Å². The van der Waals surface area contributed by atoms with E-state index >= 15 is 0 Å². The van der Waals surface area contributed by atoms with Crippen LogP contribution in [0.3, 0.4) is 0 Å². The van der Waals surface area contributed by atoms with Gasteiger partial charge in [0.1, 0.15) is 0 Å². The summed E-state index contributed by atoms with van der Waals surface area (Å²) in [6.45, 7) is 1.70. The standard InChI is InChI=1S/C23H27N3O3S2/c1-26(20-7-3-2-4-8-20)17-6-15-24-23(27)19-10-12-22(13-11-19)31(28,29)25-16-14-21-9-5-18-30-21/h2-5,7-13,18,25H,6,14-17H2,1H3,(H,24,27). The highest BCUT2D eigenvalue weighted by Crippen LogP contribution is 2.13. The number of hydrogen-bond acceptors (Lipinski definition) is 5. The molecule has 6 nitrogen and oxygen atoms in total. The largest absolute Gasteiger partial charge is 0.375 e. The van der Waals surface area contributed by atoms with Crippen molar-refractivity contribution in [2.24, 2.45) is 0 Å². The van der Waals surface area contributed by atoms with E-state index in [1.807, 2.05) is 54.9 Å². The number of anilines is 1. The van der Waals surface area contributed by atoms with Crippen molar-refractivity contribution in [2.45, 2.75) is 17.7 Å². The van der Waals surface area contributed by atoms with Crippen LogP contribution in [0.15, 0.2) is 77.0 Å². The Hall–Kier alpha value is -2.68. The van der Waals surface area contributed by atoms with Gasteiger partial charge in [-0.15, -0.1) is 11.3 Å². The molecule has 3 rings (SSSR count). The van der Waals surface area contributed by atoms with E-state index in [1.165, 1.54) is 12.1 Å². The Bertz CT molecular complexity index is 1050. The molecule has 0 aliphatic carbocycles. The van der Waals surface area contributed by atoms with Crippen LogP contribution in [0.25, 0.3) is 0 Å². The lowest BCUT2D eigenvalue weighted by Gasteiger charge is -2.19. The zero-order valence-electron chi connectivity index (χ0n) is 17.5. The number of amides is 1. The summed E-state index contributed by atoms with van der Waals surface area (Å²) in [7, 11) is -1.58. The summed E-state index contributed by atoms with van der Waals surface area (Å²) >= 11 is 1.60. The molecular weight excluding hydrogens is 430 g/mol. The average molecular weight is 458 g/mol. The third kappa shape index (κ3) is 6.92. The van der Waals surface area contributed by atoms with E-state index in [2.05, 4.69) is 14.9 Å². The first-order valence-corrected chi connectivity index (χ1v) is 12.5. The van der Waals surface area contributed by atoms with Crippen molar-refractivity contribution >= 4 is 33.0 Å². The predicted octanol–water partition coefficient (Wildman–Crippen LogP) is 3.53. The molecule has 1 amide bonds. The summed E-state index contributed by atoms with van der Waals surface area (Å²) < 4.78 is 27.4. The summed E-state index contributed by atoms with van der Waals surface area (Å²) in [5.41, 5.74) is 1.57. The van der Waals surface area contributed by atoms with Crippen LogP contribution >= 0.6 is 11.3 Å². The van der Waals surface area contributed by atoms with E-state index in [1.54, 1.807) is 23.5 Å². The maximum Gasteiger partial charge on any atom is 0.251 e. The lowest BCUT2D eigenvalue weighted by Crippen LogP contribution is -2.28. The van der Waals surface area contributed by atoms with Crippen LogP contribution in [0, 0.1) is 0 Å². The first-order chi connectivity index (χ1) is 15.0. The first-order valence-electron chi connectivity index (χ1n) is 10.1. The Morgan fingerprint density at radius 2 is 1.71 bits per heavy atom. The fourth-order valence-corrected chi connectivity index (χ4v) is 4.80. The van der Waals surface area contributed by atoms with E-state index < -0.39 is 10.0 Å². The topological polar surface area (TPSA) is 78.5 Å². The highest BCUT2D eigenvalue weighted by molar-refractivity contribution is 7.89. The van der Waals surface area contributed by atoms with Gasteiger partial charge in [-0.2, -0.15) is 0 Å². The Kier molecular flexibility index (Phi) is 8.22. The lowest BCUT2D eigenvalue weighted by atomic mass is 10.2. The molecule has 0 aliphatic rings. The normalized spacial score (nSPS) is 11.3. The molecular formula is C23H27N3O3S2. The number of sulfonamides is 1. The van der Waals surface area contributed by atoms with E-state index in [9.17, 15) is 13.2 Å². The van der Waals surface area contributed by atoms with Gasteiger partial charge in [0.2, 0.25) is 10.0 Å². The van der Waals surface area contributed by atoms with Gasteiger partial charge in [-0.1, -0.05) is 24.3 Å². The summed E-state index contributed by atoms with van der Waals surface area (Å²) in [5.74, 6) is -0.211. The Balaban J connectivity index is 1.43. The minimum Gasteiger partial charge on any atom is -0.375 e. The van der Waals surface area contributed by atoms with Gasteiger partial charge in [0.15, 0.2) is 0 Å². The maximum atomic E-state index is 12.4. The number of thiophene rings is 1. The molecule has 0 bridgehead atoms. The van der Waals surface area contributed by atoms with E-state index in [-0.39, 0.29) is 10.8 Å². The molecule has 1 heterocycles. The Morgan fingerprint density at radius 1 is 0.968 bits per heavy atom. The quantitative estimate of drug-likeness (QED) is 0.432. The fourth-order valence-electron chi connectivity index (χ4n) is 3.06. The van der Waals surface area contributed by atoms with Gasteiger partial charge in [-0.25, -0.2) is 13.1 Å². The lowest BCUT2D eigenvalue weighted by molar-refractivity contribution is 0.0953. The predicted molar refractivity (Wildman–Crippen MR) is 126 cm³/mol. The van der Waals surface area contributed by atoms with Crippen molar-refractivity contribution < 1.29 is 13.2 Å².